The maximum Gasteiger partial charge on any atom is 0.224 e. The number of phenols is 1. The number of carbonyl (C=O) groups excluding carboxylic acids is 1. The Morgan fingerprint density at radius 2 is 2.00 bits per heavy atom. The molecule has 7 heteroatoms. The van der Waals surface area contributed by atoms with E-state index in [0.717, 1.165) is 0 Å². The van der Waals surface area contributed by atoms with E-state index in [1.54, 1.807) is 12.1 Å². The number of aromatic nitrogens is 1. The molecule has 2 rings (SSSR count). The van der Waals surface area contributed by atoms with Crippen molar-refractivity contribution >= 4 is 12.0 Å². The Morgan fingerprint density at radius 3 is 2.57 bits per heavy atom. The van der Waals surface area contributed by atoms with E-state index in [1.807, 2.05) is 0 Å². The van der Waals surface area contributed by atoms with Crippen molar-refractivity contribution in [2.75, 3.05) is 14.2 Å². The maximum absolute atomic E-state index is 11.0. The number of carbonyl (C=O) groups is 1. The summed E-state index contributed by atoms with van der Waals surface area (Å²) in [4.78, 5) is 25.8. The van der Waals surface area contributed by atoms with E-state index >= 15 is 0 Å². The number of hydrogen-bond acceptors (Lipinski definition) is 7. The first-order valence-corrected chi connectivity index (χ1v) is 5.89. The number of pyridine rings is 1. The molecule has 0 fully saturated rings. The number of benzene rings is 1. The highest BCUT2D eigenvalue weighted by Crippen LogP contribution is 2.38. The molecule has 1 aromatic heterocycles. The number of hydrogen-bond donors (Lipinski definition) is 1. The second kappa shape index (κ2) is 6.00. The van der Waals surface area contributed by atoms with Crippen molar-refractivity contribution in [3.8, 4) is 28.6 Å². The normalized spacial score (nSPS) is 10.0. The molecule has 108 valence electrons. The quantitative estimate of drug-likeness (QED) is 0.671. The molecule has 7 nitrogen and oxygen atoms in total. The van der Waals surface area contributed by atoms with E-state index in [0.29, 0.717) is 23.3 Å². The van der Waals surface area contributed by atoms with E-state index in [4.69, 9.17) is 9.47 Å². The average molecular weight is 288 g/mol. The van der Waals surface area contributed by atoms with Crippen LogP contribution < -0.4 is 9.47 Å². The summed E-state index contributed by atoms with van der Waals surface area (Å²) in [7, 11) is 2.91. The van der Waals surface area contributed by atoms with Crippen LogP contribution in [0.5, 0.6) is 17.5 Å². The van der Waals surface area contributed by atoms with Crippen LogP contribution in [-0.4, -0.2) is 30.6 Å². The van der Waals surface area contributed by atoms with Gasteiger partial charge in [-0.15, -0.1) is 4.91 Å². The third-order valence-electron chi connectivity index (χ3n) is 2.89. The minimum absolute atomic E-state index is 0.0417. The van der Waals surface area contributed by atoms with Gasteiger partial charge in [-0.1, -0.05) is 0 Å². The Bertz CT molecular complexity index is 671. The molecular formula is C14H12N2O5. The lowest BCUT2D eigenvalue weighted by Gasteiger charge is -2.10. The summed E-state index contributed by atoms with van der Waals surface area (Å²) >= 11 is 0. The molecule has 0 saturated carbocycles. The Morgan fingerprint density at radius 1 is 1.24 bits per heavy atom. The van der Waals surface area contributed by atoms with Crippen LogP contribution in [0, 0.1) is 4.91 Å². The summed E-state index contributed by atoms with van der Waals surface area (Å²) in [6.07, 6.45) is 0.441. The van der Waals surface area contributed by atoms with Crippen LogP contribution in [-0.2, 0) is 0 Å². The van der Waals surface area contributed by atoms with Crippen LogP contribution in [0.3, 0.4) is 0 Å². The Labute approximate surface area is 120 Å². The monoisotopic (exact) mass is 288 g/mol. The highest BCUT2D eigenvalue weighted by molar-refractivity contribution is 5.87. The fraction of sp³-hybridized carbons (Fsp3) is 0.143. The molecule has 0 aliphatic carbocycles. The Kier molecular flexibility index (Phi) is 4.13. The fourth-order valence-electron chi connectivity index (χ4n) is 1.87. The molecule has 0 unspecified atom stereocenters. The third-order valence-corrected chi connectivity index (χ3v) is 2.89. The summed E-state index contributed by atoms with van der Waals surface area (Å²) in [6.45, 7) is 0. The summed E-state index contributed by atoms with van der Waals surface area (Å²) in [5.74, 6) is 0.164. The van der Waals surface area contributed by atoms with Gasteiger partial charge in [0.25, 0.3) is 0 Å². The molecule has 0 spiro atoms. The molecule has 1 heterocycles. The minimum Gasteiger partial charge on any atom is -0.505 e. The van der Waals surface area contributed by atoms with Crippen LogP contribution in [0.4, 0.5) is 5.69 Å². The van der Waals surface area contributed by atoms with E-state index in [9.17, 15) is 14.8 Å². The van der Waals surface area contributed by atoms with Gasteiger partial charge in [-0.3, -0.25) is 4.79 Å². The second-order valence-corrected chi connectivity index (χ2v) is 4.05. The van der Waals surface area contributed by atoms with E-state index in [1.165, 1.54) is 26.4 Å². The molecule has 1 aromatic carbocycles. The first-order chi connectivity index (χ1) is 10.1. The molecule has 0 bridgehead atoms. The largest absolute Gasteiger partial charge is 0.505 e. The van der Waals surface area contributed by atoms with Crippen molar-refractivity contribution in [1.82, 2.24) is 4.98 Å². The number of phenolic OH excluding ortho intramolecular Hbond substituents is 1. The van der Waals surface area contributed by atoms with Gasteiger partial charge in [0.1, 0.15) is 0 Å². The van der Waals surface area contributed by atoms with Crippen molar-refractivity contribution in [3.63, 3.8) is 0 Å². The molecule has 0 atom stereocenters. The molecule has 0 radical (unpaired) electrons. The number of methoxy groups -OCH3 is 2. The Hall–Kier alpha value is -2.96. The van der Waals surface area contributed by atoms with Gasteiger partial charge in [-0.25, -0.2) is 0 Å². The van der Waals surface area contributed by atoms with Gasteiger partial charge in [0.2, 0.25) is 11.8 Å². The Balaban J connectivity index is 2.66. The number of aldehydes is 1. The van der Waals surface area contributed by atoms with E-state index in [2.05, 4.69) is 10.2 Å². The van der Waals surface area contributed by atoms with Crippen molar-refractivity contribution in [2.24, 2.45) is 5.18 Å². The lowest BCUT2D eigenvalue weighted by atomic mass is 10.0. The predicted molar refractivity (Wildman–Crippen MR) is 75.3 cm³/mol. The molecule has 0 amide bonds. The summed E-state index contributed by atoms with van der Waals surface area (Å²) in [5.41, 5.74) is 0.732. The van der Waals surface area contributed by atoms with Gasteiger partial charge in [-0.2, -0.15) is 4.98 Å². The zero-order valence-corrected chi connectivity index (χ0v) is 11.4. The first-order valence-electron chi connectivity index (χ1n) is 5.89. The standard InChI is InChI=1S/C14H12N2O5/c1-20-12-4-3-10(14(15-12)21-2)8-5-9(7-17)13(18)11(6-8)16-19/h3-7,18H,1-2H3. The third kappa shape index (κ3) is 2.66. The summed E-state index contributed by atoms with van der Waals surface area (Å²) < 4.78 is 10.2. The van der Waals surface area contributed by atoms with Crippen molar-refractivity contribution < 1.29 is 19.4 Å². The summed E-state index contributed by atoms with van der Waals surface area (Å²) in [5, 5.41) is 12.4. The zero-order chi connectivity index (χ0) is 15.4. The van der Waals surface area contributed by atoms with Gasteiger partial charge in [0, 0.05) is 11.6 Å². The molecule has 1 N–H and O–H groups in total. The molecule has 2 aromatic rings. The van der Waals surface area contributed by atoms with Crippen LogP contribution in [0.2, 0.25) is 0 Å². The van der Waals surface area contributed by atoms with Crippen LogP contribution in [0.15, 0.2) is 29.4 Å². The first kappa shape index (κ1) is 14.4. The van der Waals surface area contributed by atoms with E-state index < -0.39 is 5.75 Å². The van der Waals surface area contributed by atoms with Gasteiger partial charge < -0.3 is 14.6 Å². The minimum atomic E-state index is -0.454. The molecule has 0 saturated heterocycles. The molecule has 0 aliphatic rings. The SMILES string of the molecule is COc1ccc(-c2cc(C=O)c(O)c(N=O)c2)c(OC)n1. The lowest BCUT2D eigenvalue weighted by molar-refractivity contribution is 0.112. The lowest BCUT2D eigenvalue weighted by Crippen LogP contribution is -1.95. The molecule has 21 heavy (non-hydrogen) atoms. The summed E-state index contributed by atoms with van der Waals surface area (Å²) in [6, 6.07) is 6.05. The highest BCUT2D eigenvalue weighted by atomic mass is 16.5. The second-order valence-electron chi connectivity index (χ2n) is 4.05. The van der Waals surface area contributed by atoms with Crippen LogP contribution >= 0.6 is 0 Å². The van der Waals surface area contributed by atoms with E-state index in [-0.39, 0.29) is 17.1 Å². The molecule has 0 aliphatic heterocycles. The van der Waals surface area contributed by atoms with Crippen LogP contribution in [0.1, 0.15) is 10.4 Å². The molecular weight excluding hydrogens is 276 g/mol. The zero-order valence-electron chi connectivity index (χ0n) is 11.4. The van der Waals surface area contributed by atoms with Gasteiger partial charge >= 0.3 is 0 Å². The predicted octanol–water partition coefficient (Wildman–Crippen LogP) is 2.68. The number of aromatic hydroxyl groups is 1. The van der Waals surface area contributed by atoms with Gasteiger partial charge in [0.15, 0.2) is 17.7 Å². The fourth-order valence-corrected chi connectivity index (χ4v) is 1.87. The van der Waals surface area contributed by atoms with Crippen LogP contribution in [0.25, 0.3) is 11.1 Å². The number of ether oxygens (including phenoxy) is 2. The smallest absolute Gasteiger partial charge is 0.224 e. The van der Waals surface area contributed by atoms with Crippen molar-refractivity contribution in [1.29, 1.82) is 0 Å². The van der Waals surface area contributed by atoms with Gasteiger partial charge in [-0.05, 0) is 28.9 Å². The maximum atomic E-state index is 11.0. The van der Waals surface area contributed by atoms with Crippen molar-refractivity contribution in [3.05, 3.63) is 34.7 Å². The van der Waals surface area contributed by atoms with Gasteiger partial charge in [0.05, 0.1) is 19.8 Å². The number of rotatable bonds is 5. The number of nitroso groups, excluding NO2 is 1. The average Bonchev–Trinajstić information content (AvgIpc) is 2.54. The highest BCUT2D eigenvalue weighted by Gasteiger charge is 2.15. The topological polar surface area (TPSA) is 98.1 Å². The van der Waals surface area contributed by atoms with Crippen molar-refractivity contribution in [2.45, 2.75) is 0 Å². The number of nitrogens with zero attached hydrogens (tertiary/aromatic N) is 2.